The van der Waals surface area contributed by atoms with Crippen molar-refractivity contribution in [3.63, 3.8) is 0 Å². The summed E-state index contributed by atoms with van der Waals surface area (Å²) in [4.78, 5) is 11.2. The van der Waals surface area contributed by atoms with Gasteiger partial charge in [-0.05, 0) is 38.3 Å². The highest BCUT2D eigenvalue weighted by Gasteiger charge is 2.12. The second kappa shape index (κ2) is 6.82. The second-order valence-electron chi connectivity index (χ2n) is 4.12. The van der Waals surface area contributed by atoms with Crippen molar-refractivity contribution < 1.29 is 4.79 Å². The molecule has 3 heteroatoms. The van der Waals surface area contributed by atoms with E-state index in [0.717, 1.165) is 26.1 Å². The summed E-state index contributed by atoms with van der Waals surface area (Å²) in [6, 6.07) is 0. The molecule has 0 aromatic rings. The van der Waals surface area contributed by atoms with Crippen molar-refractivity contribution in [2.75, 3.05) is 19.6 Å². The Hall–Kier alpha value is -0.570. The first kappa shape index (κ1) is 11.5. The van der Waals surface area contributed by atoms with Gasteiger partial charge in [0.1, 0.15) is 0 Å². The van der Waals surface area contributed by atoms with Gasteiger partial charge in [-0.1, -0.05) is 13.3 Å². The van der Waals surface area contributed by atoms with Crippen LogP contribution in [0.4, 0.5) is 0 Å². The molecule has 0 radical (unpaired) electrons. The van der Waals surface area contributed by atoms with Crippen molar-refractivity contribution in [3.8, 4) is 0 Å². The lowest BCUT2D eigenvalue weighted by Gasteiger charge is -2.14. The Bertz CT molecular complexity index is 163. The van der Waals surface area contributed by atoms with E-state index >= 15 is 0 Å². The molecule has 1 heterocycles. The molecule has 1 saturated heterocycles. The minimum atomic E-state index is 0.205. The highest BCUT2D eigenvalue weighted by Crippen LogP contribution is 2.09. The van der Waals surface area contributed by atoms with Crippen molar-refractivity contribution in [1.29, 1.82) is 0 Å². The Labute approximate surface area is 86.6 Å². The van der Waals surface area contributed by atoms with Crippen LogP contribution in [-0.2, 0) is 4.79 Å². The molecule has 2 N–H and O–H groups in total. The summed E-state index contributed by atoms with van der Waals surface area (Å²) in [5.74, 6) is 0.843. The maximum Gasteiger partial charge on any atom is 0.219 e. The lowest BCUT2D eigenvalue weighted by molar-refractivity contribution is -0.121. The fourth-order valence-corrected chi connectivity index (χ4v) is 1.84. The predicted molar refractivity (Wildman–Crippen MR) is 58.1 cm³/mol. The third kappa shape index (κ3) is 4.61. The van der Waals surface area contributed by atoms with E-state index < -0.39 is 0 Å². The Balaban J connectivity index is 2.12. The summed E-state index contributed by atoms with van der Waals surface area (Å²) in [5, 5.41) is 6.40. The summed E-state index contributed by atoms with van der Waals surface area (Å²) >= 11 is 0. The van der Waals surface area contributed by atoms with Gasteiger partial charge in [-0.3, -0.25) is 4.79 Å². The minimum Gasteiger partial charge on any atom is -0.356 e. The first-order valence-corrected chi connectivity index (χ1v) is 5.80. The van der Waals surface area contributed by atoms with E-state index in [4.69, 9.17) is 0 Å². The van der Waals surface area contributed by atoms with Crippen molar-refractivity contribution in [3.05, 3.63) is 0 Å². The van der Waals surface area contributed by atoms with Gasteiger partial charge < -0.3 is 10.6 Å². The maximum absolute atomic E-state index is 11.2. The predicted octanol–water partition coefficient (Wildman–Crippen LogP) is 1.29. The normalized spacial score (nSPS) is 22.8. The molecular formula is C11H22N2O. The van der Waals surface area contributed by atoms with Crippen LogP contribution < -0.4 is 10.6 Å². The molecule has 1 amide bonds. The molecule has 0 saturated carbocycles. The average Bonchev–Trinajstić information content (AvgIpc) is 2.43. The van der Waals surface area contributed by atoms with Gasteiger partial charge in [0.15, 0.2) is 0 Å². The lowest BCUT2D eigenvalue weighted by Crippen LogP contribution is -2.33. The molecule has 1 atom stereocenters. The van der Waals surface area contributed by atoms with Crippen LogP contribution in [0.3, 0.4) is 0 Å². The highest BCUT2D eigenvalue weighted by atomic mass is 16.1. The van der Waals surface area contributed by atoms with Crippen LogP contribution in [0.1, 0.15) is 39.0 Å². The second-order valence-corrected chi connectivity index (χ2v) is 4.12. The molecular weight excluding hydrogens is 176 g/mol. The van der Waals surface area contributed by atoms with Gasteiger partial charge >= 0.3 is 0 Å². The third-order valence-electron chi connectivity index (χ3n) is 2.71. The first-order valence-electron chi connectivity index (χ1n) is 5.80. The number of hydrogen-bond donors (Lipinski definition) is 2. The standard InChI is InChI=1S/C11H22N2O/c1-2-5-11(14)13-9-10-6-3-4-7-12-8-10/h10,12H,2-9H2,1H3,(H,13,14). The molecule has 1 aliphatic rings. The fourth-order valence-electron chi connectivity index (χ4n) is 1.84. The quantitative estimate of drug-likeness (QED) is 0.714. The SMILES string of the molecule is CCCC(=O)NCC1CCCCNC1. The van der Waals surface area contributed by atoms with E-state index in [-0.39, 0.29) is 5.91 Å². The molecule has 1 fully saturated rings. The zero-order chi connectivity index (χ0) is 10.2. The van der Waals surface area contributed by atoms with Gasteiger partial charge in [-0.2, -0.15) is 0 Å². The van der Waals surface area contributed by atoms with Gasteiger partial charge in [0.05, 0.1) is 0 Å². The smallest absolute Gasteiger partial charge is 0.219 e. The lowest BCUT2D eigenvalue weighted by atomic mass is 10.0. The number of rotatable bonds is 4. The van der Waals surface area contributed by atoms with Crippen LogP contribution in [0.2, 0.25) is 0 Å². The number of nitrogens with one attached hydrogen (secondary N) is 2. The molecule has 0 aromatic carbocycles. The minimum absolute atomic E-state index is 0.205. The summed E-state index contributed by atoms with van der Waals surface area (Å²) < 4.78 is 0. The molecule has 0 aliphatic carbocycles. The molecule has 14 heavy (non-hydrogen) atoms. The van der Waals surface area contributed by atoms with Crippen LogP contribution in [0.5, 0.6) is 0 Å². The zero-order valence-corrected chi connectivity index (χ0v) is 9.14. The van der Waals surface area contributed by atoms with Gasteiger partial charge in [-0.15, -0.1) is 0 Å². The van der Waals surface area contributed by atoms with Crippen molar-refractivity contribution in [2.24, 2.45) is 5.92 Å². The van der Waals surface area contributed by atoms with Gasteiger partial charge in [0.2, 0.25) is 5.91 Å². The van der Waals surface area contributed by atoms with E-state index in [1.54, 1.807) is 0 Å². The fraction of sp³-hybridized carbons (Fsp3) is 0.909. The van der Waals surface area contributed by atoms with Gasteiger partial charge in [-0.25, -0.2) is 0 Å². The van der Waals surface area contributed by atoms with Crippen LogP contribution >= 0.6 is 0 Å². The summed E-state index contributed by atoms with van der Waals surface area (Å²) in [5.41, 5.74) is 0. The van der Waals surface area contributed by atoms with E-state index in [1.807, 2.05) is 6.92 Å². The zero-order valence-electron chi connectivity index (χ0n) is 9.14. The van der Waals surface area contributed by atoms with E-state index in [1.165, 1.54) is 19.3 Å². The van der Waals surface area contributed by atoms with Crippen LogP contribution in [0, 0.1) is 5.92 Å². The molecule has 1 unspecified atom stereocenters. The topological polar surface area (TPSA) is 41.1 Å². The molecule has 0 aromatic heterocycles. The van der Waals surface area contributed by atoms with E-state index in [0.29, 0.717) is 12.3 Å². The third-order valence-corrected chi connectivity index (χ3v) is 2.71. The first-order chi connectivity index (χ1) is 6.83. The average molecular weight is 198 g/mol. The monoisotopic (exact) mass is 198 g/mol. The largest absolute Gasteiger partial charge is 0.356 e. The summed E-state index contributed by atoms with van der Waals surface area (Å²) in [7, 11) is 0. The molecule has 0 bridgehead atoms. The highest BCUT2D eigenvalue weighted by molar-refractivity contribution is 5.75. The summed E-state index contributed by atoms with van der Waals surface area (Å²) in [6.45, 7) is 5.09. The Morgan fingerprint density at radius 3 is 3.14 bits per heavy atom. The Morgan fingerprint density at radius 1 is 1.50 bits per heavy atom. The number of carbonyl (C=O) groups is 1. The molecule has 1 rings (SSSR count). The van der Waals surface area contributed by atoms with Gasteiger partial charge in [0.25, 0.3) is 0 Å². The van der Waals surface area contributed by atoms with E-state index in [9.17, 15) is 4.79 Å². The van der Waals surface area contributed by atoms with Gasteiger partial charge in [0, 0.05) is 13.0 Å². The van der Waals surface area contributed by atoms with Crippen molar-refractivity contribution in [1.82, 2.24) is 10.6 Å². The maximum atomic E-state index is 11.2. The Morgan fingerprint density at radius 2 is 2.36 bits per heavy atom. The van der Waals surface area contributed by atoms with Crippen LogP contribution in [-0.4, -0.2) is 25.5 Å². The number of amides is 1. The van der Waals surface area contributed by atoms with E-state index in [2.05, 4.69) is 10.6 Å². The number of carbonyl (C=O) groups excluding carboxylic acids is 1. The number of hydrogen-bond acceptors (Lipinski definition) is 2. The molecule has 0 spiro atoms. The molecule has 3 nitrogen and oxygen atoms in total. The van der Waals surface area contributed by atoms with Crippen molar-refractivity contribution in [2.45, 2.75) is 39.0 Å². The summed E-state index contributed by atoms with van der Waals surface area (Å²) in [6.07, 6.45) is 5.43. The van der Waals surface area contributed by atoms with Crippen molar-refractivity contribution >= 4 is 5.91 Å². The van der Waals surface area contributed by atoms with Crippen LogP contribution in [0.25, 0.3) is 0 Å². The van der Waals surface area contributed by atoms with Crippen LogP contribution in [0.15, 0.2) is 0 Å². The molecule has 1 aliphatic heterocycles. The Kier molecular flexibility index (Phi) is 5.60. The molecule has 82 valence electrons.